The third-order valence-corrected chi connectivity index (χ3v) is 7.44. The maximum atomic E-state index is 13.3. The molecule has 216 valence electrons. The number of rotatable bonds is 13. The number of halogens is 2. The predicted octanol–water partition coefficient (Wildman–Crippen LogP) is 6.50. The fourth-order valence-corrected chi connectivity index (χ4v) is 5.08. The van der Waals surface area contributed by atoms with Crippen molar-refractivity contribution in [3.8, 4) is 11.5 Å². The number of pyridine rings is 2. The lowest BCUT2D eigenvalue weighted by Gasteiger charge is -2.34. The molecule has 0 aliphatic carbocycles. The molecule has 0 bridgehead atoms. The van der Waals surface area contributed by atoms with Gasteiger partial charge in [-0.15, -0.1) is 0 Å². The van der Waals surface area contributed by atoms with Gasteiger partial charge in [-0.2, -0.15) is 0 Å². The second-order valence-electron chi connectivity index (χ2n) is 10.3. The monoisotopic (exact) mass is 682 g/mol. The van der Waals surface area contributed by atoms with E-state index in [0.717, 1.165) is 21.2 Å². The molecule has 0 N–H and O–H groups in total. The molecule has 0 fully saturated rings. The molecule has 1 unspecified atom stereocenters. The van der Waals surface area contributed by atoms with Crippen LogP contribution in [-0.4, -0.2) is 42.5 Å². The van der Waals surface area contributed by atoms with E-state index in [4.69, 9.17) is 30.5 Å². The van der Waals surface area contributed by atoms with Crippen molar-refractivity contribution in [3.05, 3.63) is 84.6 Å². The number of carbonyl (C=O) groups is 1. The minimum Gasteiger partial charge on any atom is -0.490 e. The summed E-state index contributed by atoms with van der Waals surface area (Å²) >= 11 is 8.55. The summed E-state index contributed by atoms with van der Waals surface area (Å²) in [6, 6.07) is 11.3. The van der Waals surface area contributed by atoms with Gasteiger partial charge in [0.2, 0.25) is 5.43 Å². The molecular formula is C30H36ClIN2O6. The van der Waals surface area contributed by atoms with Gasteiger partial charge >= 0.3 is 5.97 Å². The predicted molar refractivity (Wildman–Crippen MR) is 164 cm³/mol. The van der Waals surface area contributed by atoms with Crippen molar-refractivity contribution in [1.29, 1.82) is 0 Å². The van der Waals surface area contributed by atoms with E-state index in [-0.39, 0.29) is 36.0 Å². The van der Waals surface area contributed by atoms with Crippen molar-refractivity contribution in [3.63, 3.8) is 0 Å². The second-order valence-corrected chi connectivity index (χ2v) is 11.7. The van der Waals surface area contributed by atoms with Gasteiger partial charge in [-0.3, -0.25) is 4.79 Å². The van der Waals surface area contributed by atoms with E-state index in [2.05, 4.69) is 48.3 Å². The van der Waals surface area contributed by atoms with Crippen LogP contribution in [0.5, 0.6) is 11.5 Å². The molecule has 8 nitrogen and oxygen atoms in total. The van der Waals surface area contributed by atoms with E-state index in [1.54, 1.807) is 26.4 Å². The van der Waals surface area contributed by atoms with Crippen LogP contribution in [0, 0.1) is 9.12 Å². The highest BCUT2D eigenvalue weighted by atomic mass is 127. The largest absolute Gasteiger partial charge is 0.490 e. The van der Waals surface area contributed by atoms with Gasteiger partial charge in [-0.25, -0.2) is 9.78 Å². The van der Waals surface area contributed by atoms with Gasteiger partial charge < -0.3 is 23.5 Å². The Morgan fingerprint density at radius 2 is 1.82 bits per heavy atom. The minimum absolute atomic E-state index is 0.0762. The average molecular weight is 683 g/mol. The number of hydrogen-bond acceptors (Lipinski definition) is 7. The molecule has 3 rings (SSSR count). The van der Waals surface area contributed by atoms with Crippen LogP contribution in [0.15, 0.2) is 53.6 Å². The normalized spacial score (nSPS) is 12.2. The highest BCUT2D eigenvalue weighted by molar-refractivity contribution is 14.1. The number of carbonyl (C=O) groups excluding carboxylic acids is 1. The average Bonchev–Trinajstić information content (AvgIpc) is 2.91. The van der Waals surface area contributed by atoms with E-state index in [0.29, 0.717) is 30.5 Å². The maximum Gasteiger partial charge on any atom is 0.343 e. The molecule has 0 spiro atoms. The summed E-state index contributed by atoms with van der Waals surface area (Å²) in [5.41, 5.74) is 0.956. The smallest absolute Gasteiger partial charge is 0.343 e. The second kappa shape index (κ2) is 14.8. The number of esters is 1. The van der Waals surface area contributed by atoms with Crippen LogP contribution in [0.2, 0.25) is 5.15 Å². The van der Waals surface area contributed by atoms with Crippen LogP contribution in [-0.2, 0) is 22.5 Å². The summed E-state index contributed by atoms with van der Waals surface area (Å²) < 4.78 is 24.8. The first kappa shape index (κ1) is 31.9. The van der Waals surface area contributed by atoms with Crippen molar-refractivity contribution in [1.82, 2.24) is 9.55 Å². The highest BCUT2D eigenvalue weighted by Gasteiger charge is 2.30. The van der Waals surface area contributed by atoms with Crippen LogP contribution in [0.1, 0.15) is 61.6 Å². The van der Waals surface area contributed by atoms with E-state index in [1.807, 2.05) is 41.0 Å². The SMILES string of the molecule is CCOC(=O)c1cn(C(Cc2cc(OCCCOC)c(Cl)nc2I)C(C)(C)C)cc(OCc2ccccc2)c1=O. The van der Waals surface area contributed by atoms with E-state index in [9.17, 15) is 9.59 Å². The van der Waals surface area contributed by atoms with E-state index >= 15 is 0 Å². The summed E-state index contributed by atoms with van der Waals surface area (Å²) in [6.45, 7) is 9.37. The molecule has 0 aliphatic rings. The quantitative estimate of drug-likeness (QED) is 0.0880. The molecule has 0 amide bonds. The lowest BCUT2D eigenvalue weighted by atomic mass is 9.83. The number of benzene rings is 1. The molecule has 2 heterocycles. The number of hydrogen-bond donors (Lipinski definition) is 0. The summed E-state index contributed by atoms with van der Waals surface area (Å²) in [7, 11) is 1.65. The fraction of sp³-hybridized carbons (Fsp3) is 0.433. The van der Waals surface area contributed by atoms with Gasteiger partial charge in [-0.1, -0.05) is 62.7 Å². The maximum absolute atomic E-state index is 13.3. The Labute approximate surface area is 254 Å². The number of methoxy groups -OCH3 is 1. The zero-order chi connectivity index (χ0) is 29.3. The first-order valence-corrected chi connectivity index (χ1v) is 14.6. The Morgan fingerprint density at radius 3 is 2.48 bits per heavy atom. The van der Waals surface area contributed by atoms with Gasteiger partial charge in [-0.05, 0) is 58.5 Å². The van der Waals surface area contributed by atoms with Gasteiger partial charge in [0.25, 0.3) is 0 Å². The Bertz CT molecular complexity index is 1340. The van der Waals surface area contributed by atoms with Crippen LogP contribution in [0.25, 0.3) is 0 Å². The lowest BCUT2D eigenvalue weighted by Crippen LogP contribution is -2.30. The van der Waals surface area contributed by atoms with Crippen molar-refractivity contribution >= 4 is 40.2 Å². The van der Waals surface area contributed by atoms with Crippen LogP contribution >= 0.6 is 34.2 Å². The van der Waals surface area contributed by atoms with Crippen molar-refractivity contribution in [2.75, 3.05) is 26.9 Å². The van der Waals surface area contributed by atoms with Crippen LogP contribution in [0.3, 0.4) is 0 Å². The number of nitrogens with zero attached hydrogens (tertiary/aromatic N) is 2. The van der Waals surface area contributed by atoms with Crippen LogP contribution in [0.4, 0.5) is 0 Å². The third-order valence-electron chi connectivity index (χ3n) is 6.24. The zero-order valence-electron chi connectivity index (χ0n) is 23.5. The van der Waals surface area contributed by atoms with Crippen LogP contribution < -0.4 is 14.9 Å². The molecule has 2 aromatic heterocycles. The van der Waals surface area contributed by atoms with Gasteiger partial charge in [0.1, 0.15) is 15.9 Å². The topological polar surface area (TPSA) is 88.9 Å². The molecule has 0 saturated carbocycles. The van der Waals surface area contributed by atoms with Gasteiger partial charge in [0, 0.05) is 32.4 Å². The summed E-state index contributed by atoms with van der Waals surface area (Å²) in [4.78, 5) is 30.6. The molecule has 1 atom stereocenters. The van der Waals surface area contributed by atoms with E-state index < -0.39 is 11.4 Å². The van der Waals surface area contributed by atoms with Gasteiger partial charge in [0.05, 0.1) is 19.4 Å². The Morgan fingerprint density at radius 1 is 1.10 bits per heavy atom. The van der Waals surface area contributed by atoms with Crippen molar-refractivity contribution in [2.24, 2.45) is 5.41 Å². The molecule has 40 heavy (non-hydrogen) atoms. The van der Waals surface area contributed by atoms with Crippen molar-refractivity contribution in [2.45, 2.75) is 53.2 Å². The first-order valence-electron chi connectivity index (χ1n) is 13.1. The Kier molecular flexibility index (Phi) is 11.8. The fourth-order valence-electron chi connectivity index (χ4n) is 4.13. The summed E-state index contributed by atoms with van der Waals surface area (Å²) in [5, 5.41) is 0.294. The molecular weight excluding hydrogens is 647 g/mol. The summed E-state index contributed by atoms with van der Waals surface area (Å²) in [6.07, 6.45) is 4.48. The number of ether oxygens (including phenoxy) is 4. The molecule has 0 saturated heterocycles. The molecule has 0 aliphatic heterocycles. The van der Waals surface area contributed by atoms with E-state index in [1.165, 1.54) is 0 Å². The standard InChI is InChI=1S/C30H36ClIN2O6/c1-6-38-29(36)22-17-34(18-24(26(22)35)40-19-20-11-8-7-9-12-20)25(30(2,3)4)16-21-15-23(27(31)33-28(21)32)39-14-10-13-37-5/h7-9,11-12,15,17-18,25H,6,10,13-14,16,19H2,1-5H3. The highest BCUT2D eigenvalue weighted by Crippen LogP contribution is 2.37. The Hall–Kier alpha value is -2.63. The van der Waals surface area contributed by atoms with Crippen molar-refractivity contribution < 1.29 is 23.7 Å². The molecule has 1 aromatic carbocycles. The molecule has 3 aromatic rings. The first-order chi connectivity index (χ1) is 19.0. The Balaban J connectivity index is 2.02. The summed E-state index contributed by atoms with van der Waals surface area (Å²) in [5.74, 6) is -0.108. The third kappa shape index (κ3) is 8.68. The molecule has 0 radical (unpaired) electrons. The lowest BCUT2D eigenvalue weighted by molar-refractivity contribution is 0.0522. The number of aromatic nitrogens is 2. The molecule has 10 heteroatoms. The van der Waals surface area contributed by atoms with Gasteiger partial charge in [0.15, 0.2) is 16.7 Å². The minimum atomic E-state index is -0.687. The zero-order valence-corrected chi connectivity index (χ0v) is 26.5.